The number of carbonyl (C=O) groups excluding carboxylic acids is 1. The number of nitrogens with one attached hydrogen (secondary N) is 3. The largest absolute Gasteiger partial charge is 0.396 e. The Morgan fingerprint density at radius 3 is 2.32 bits per heavy atom. The topological polar surface area (TPSA) is 98.0 Å². The second kappa shape index (κ2) is 9.19. The Bertz CT molecular complexity index is 945. The second-order valence-corrected chi connectivity index (χ2v) is 7.13. The number of hydrogen-bond donors (Lipinski definition) is 4. The minimum atomic E-state index is -0.345. The van der Waals surface area contributed by atoms with Crippen molar-refractivity contribution in [3.63, 3.8) is 0 Å². The van der Waals surface area contributed by atoms with Gasteiger partial charge in [-0.05, 0) is 35.4 Å². The molecule has 6 nitrogen and oxygen atoms in total. The van der Waals surface area contributed by atoms with E-state index in [0.29, 0.717) is 12.8 Å². The van der Waals surface area contributed by atoms with Crippen molar-refractivity contribution >= 4 is 5.91 Å². The van der Waals surface area contributed by atoms with Crippen LogP contribution in [0.5, 0.6) is 0 Å². The van der Waals surface area contributed by atoms with Crippen molar-refractivity contribution in [3.05, 3.63) is 82.3 Å². The van der Waals surface area contributed by atoms with Gasteiger partial charge in [0.05, 0.1) is 0 Å². The quantitative estimate of drug-likeness (QED) is 0.484. The maximum Gasteiger partial charge on any atom is 0.269 e. The van der Waals surface area contributed by atoms with Gasteiger partial charge in [0.25, 0.3) is 11.5 Å². The monoisotopic (exact) mass is 379 g/mol. The summed E-state index contributed by atoms with van der Waals surface area (Å²) in [6.07, 6.45) is 1.27. The van der Waals surface area contributed by atoms with Gasteiger partial charge < -0.3 is 10.4 Å². The molecule has 0 saturated heterocycles. The molecule has 28 heavy (non-hydrogen) atoms. The summed E-state index contributed by atoms with van der Waals surface area (Å²) in [4.78, 5) is 23.6. The van der Waals surface area contributed by atoms with E-state index in [0.717, 1.165) is 16.7 Å². The van der Waals surface area contributed by atoms with Crippen LogP contribution in [-0.2, 0) is 6.42 Å². The third kappa shape index (κ3) is 5.20. The normalized spacial score (nSPS) is 13.1. The van der Waals surface area contributed by atoms with Crippen LogP contribution < -0.4 is 10.9 Å². The van der Waals surface area contributed by atoms with Crippen LogP contribution in [0.1, 0.15) is 29.4 Å². The van der Waals surface area contributed by atoms with Crippen molar-refractivity contribution < 1.29 is 9.90 Å². The first-order valence-corrected chi connectivity index (χ1v) is 9.39. The first kappa shape index (κ1) is 19.6. The molecule has 0 radical (unpaired) electrons. The highest BCUT2D eigenvalue weighted by Crippen LogP contribution is 2.20. The van der Waals surface area contributed by atoms with Gasteiger partial charge in [-0.2, -0.15) is 0 Å². The highest BCUT2D eigenvalue weighted by Gasteiger charge is 2.18. The van der Waals surface area contributed by atoms with E-state index in [4.69, 9.17) is 0 Å². The van der Waals surface area contributed by atoms with E-state index in [9.17, 15) is 14.7 Å². The molecule has 2 unspecified atom stereocenters. The molecular weight excluding hydrogens is 354 g/mol. The van der Waals surface area contributed by atoms with Crippen LogP contribution in [-0.4, -0.2) is 33.9 Å². The van der Waals surface area contributed by atoms with E-state index in [2.05, 4.69) is 51.9 Å². The lowest BCUT2D eigenvalue weighted by Gasteiger charge is -2.21. The average Bonchev–Trinajstić information content (AvgIpc) is 3.15. The predicted octanol–water partition coefficient (Wildman–Crippen LogP) is 2.73. The summed E-state index contributed by atoms with van der Waals surface area (Å²) >= 11 is 0. The first-order valence-electron chi connectivity index (χ1n) is 9.39. The van der Waals surface area contributed by atoms with Crippen molar-refractivity contribution in [2.45, 2.75) is 25.8 Å². The fraction of sp³-hybridized carbons (Fsp3) is 0.273. The van der Waals surface area contributed by atoms with Crippen LogP contribution in [0.2, 0.25) is 0 Å². The number of aliphatic hydroxyl groups is 1. The fourth-order valence-electron chi connectivity index (χ4n) is 3.22. The Kier molecular flexibility index (Phi) is 6.45. The highest BCUT2D eigenvalue weighted by atomic mass is 16.3. The summed E-state index contributed by atoms with van der Waals surface area (Å²) in [5, 5.41) is 17.3. The third-order valence-corrected chi connectivity index (χ3v) is 4.72. The molecule has 3 rings (SSSR count). The van der Waals surface area contributed by atoms with Gasteiger partial charge in [0.1, 0.15) is 5.69 Å². The first-order chi connectivity index (χ1) is 13.5. The molecule has 0 spiro atoms. The molecule has 0 fully saturated rings. The number of carbonyl (C=O) groups is 1. The van der Waals surface area contributed by atoms with Crippen LogP contribution in [0, 0.1) is 5.92 Å². The Labute approximate surface area is 163 Å². The van der Waals surface area contributed by atoms with Crippen LogP contribution in [0.15, 0.2) is 65.5 Å². The van der Waals surface area contributed by atoms with Crippen molar-refractivity contribution in [2.24, 2.45) is 5.92 Å². The van der Waals surface area contributed by atoms with Gasteiger partial charge in [0.2, 0.25) is 0 Å². The lowest BCUT2D eigenvalue weighted by Crippen LogP contribution is -2.38. The van der Waals surface area contributed by atoms with Crippen LogP contribution in [0.25, 0.3) is 11.1 Å². The summed E-state index contributed by atoms with van der Waals surface area (Å²) in [6.45, 7) is 2.00. The standard InChI is InChI=1S/C22H25N3O3/c1-15(14-26)11-19(23-22(28)20-13-21(27)25-24-20)12-16-7-9-18(10-8-16)17-5-3-2-4-6-17/h2-10,13,15,19,26H,11-12,14H2,1H3,(H,23,28)(H2,24,25,27). The molecule has 0 aliphatic carbocycles. The van der Waals surface area contributed by atoms with Gasteiger partial charge in [-0.3, -0.25) is 19.8 Å². The smallest absolute Gasteiger partial charge is 0.269 e. The molecule has 0 bridgehead atoms. The molecule has 0 aliphatic heterocycles. The van der Waals surface area contributed by atoms with Crippen molar-refractivity contribution in [3.8, 4) is 11.1 Å². The molecule has 4 N–H and O–H groups in total. The average molecular weight is 379 g/mol. The van der Waals surface area contributed by atoms with Crippen molar-refractivity contribution in [1.82, 2.24) is 15.5 Å². The minimum Gasteiger partial charge on any atom is -0.396 e. The van der Waals surface area contributed by atoms with Crippen LogP contribution in [0.3, 0.4) is 0 Å². The van der Waals surface area contributed by atoms with Crippen molar-refractivity contribution in [2.75, 3.05) is 6.61 Å². The van der Waals surface area contributed by atoms with Gasteiger partial charge in [0.15, 0.2) is 0 Å². The number of amides is 1. The van der Waals surface area contributed by atoms with Crippen LogP contribution in [0.4, 0.5) is 0 Å². The zero-order valence-electron chi connectivity index (χ0n) is 15.8. The number of rotatable bonds is 8. The maximum atomic E-state index is 12.4. The van der Waals surface area contributed by atoms with E-state index in [1.54, 1.807) is 0 Å². The lowest BCUT2D eigenvalue weighted by atomic mass is 9.95. The van der Waals surface area contributed by atoms with E-state index in [-0.39, 0.29) is 35.7 Å². The molecule has 1 heterocycles. The zero-order valence-corrected chi connectivity index (χ0v) is 15.8. The molecule has 2 atom stereocenters. The fourth-order valence-corrected chi connectivity index (χ4v) is 3.22. The number of aromatic nitrogens is 2. The van der Waals surface area contributed by atoms with E-state index < -0.39 is 0 Å². The SMILES string of the molecule is CC(CO)CC(Cc1ccc(-c2ccccc2)cc1)NC(=O)c1cc(=O)[nH][nH]1. The summed E-state index contributed by atoms with van der Waals surface area (Å²) in [6, 6.07) is 19.5. The van der Waals surface area contributed by atoms with E-state index in [1.165, 1.54) is 6.07 Å². The molecule has 1 aromatic heterocycles. The molecule has 1 amide bonds. The van der Waals surface area contributed by atoms with Gasteiger partial charge in [-0.25, -0.2) is 0 Å². The summed E-state index contributed by atoms with van der Waals surface area (Å²) < 4.78 is 0. The molecule has 0 aliphatic rings. The Balaban J connectivity index is 1.71. The van der Waals surface area contributed by atoms with Gasteiger partial charge in [-0.1, -0.05) is 61.5 Å². The number of hydrogen-bond acceptors (Lipinski definition) is 3. The Morgan fingerprint density at radius 1 is 1.04 bits per heavy atom. The number of aromatic amines is 2. The van der Waals surface area contributed by atoms with Crippen molar-refractivity contribution in [1.29, 1.82) is 0 Å². The molecule has 6 heteroatoms. The van der Waals surface area contributed by atoms with Gasteiger partial charge in [0, 0.05) is 18.7 Å². The lowest BCUT2D eigenvalue weighted by molar-refractivity contribution is 0.0922. The number of benzene rings is 2. The summed E-state index contributed by atoms with van der Waals surface area (Å²) in [5.41, 5.74) is 3.24. The molecule has 3 aromatic rings. The summed E-state index contributed by atoms with van der Waals surface area (Å²) in [7, 11) is 0. The molecule has 146 valence electrons. The summed E-state index contributed by atoms with van der Waals surface area (Å²) in [5.74, 6) is -0.284. The van der Waals surface area contributed by atoms with E-state index in [1.807, 2.05) is 25.1 Å². The predicted molar refractivity (Wildman–Crippen MR) is 109 cm³/mol. The molecule has 0 saturated carbocycles. The maximum absolute atomic E-state index is 12.4. The van der Waals surface area contributed by atoms with E-state index >= 15 is 0 Å². The Morgan fingerprint density at radius 2 is 1.71 bits per heavy atom. The van der Waals surface area contributed by atoms with Gasteiger partial charge in [-0.15, -0.1) is 0 Å². The highest BCUT2D eigenvalue weighted by molar-refractivity contribution is 5.92. The van der Waals surface area contributed by atoms with Gasteiger partial charge >= 0.3 is 0 Å². The molecular formula is C22H25N3O3. The zero-order chi connectivity index (χ0) is 19.9. The Hall–Kier alpha value is -3.12. The van der Waals surface area contributed by atoms with Crippen LogP contribution >= 0.6 is 0 Å². The number of aliphatic hydroxyl groups excluding tert-OH is 1. The number of H-pyrrole nitrogens is 2. The molecule has 2 aromatic carbocycles. The second-order valence-electron chi connectivity index (χ2n) is 7.13. The third-order valence-electron chi connectivity index (χ3n) is 4.72. The minimum absolute atomic E-state index is 0.0548.